The molecule has 2 heteroatoms. The molecule has 0 unspecified atom stereocenters. The van der Waals surface area contributed by atoms with Gasteiger partial charge in [0.1, 0.15) is 11.5 Å². The van der Waals surface area contributed by atoms with Gasteiger partial charge in [-0.3, -0.25) is 0 Å². The Labute approximate surface area is 347 Å². The fraction of sp³-hybridized carbons (Fsp3) is 0.0345. The molecule has 0 aliphatic rings. The van der Waals surface area contributed by atoms with Crippen LogP contribution in [0.5, 0.6) is 11.5 Å². The van der Waals surface area contributed by atoms with Crippen LogP contribution in [0.25, 0.3) is 120 Å². The van der Waals surface area contributed by atoms with Crippen molar-refractivity contribution in [3.8, 4) is 56.0 Å². The summed E-state index contributed by atoms with van der Waals surface area (Å²) >= 11 is 0. The summed E-state index contributed by atoms with van der Waals surface area (Å²) in [6.07, 6.45) is 0. The van der Waals surface area contributed by atoms with Gasteiger partial charge in [-0.1, -0.05) is 146 Å². The van der Waals surface area contributed by atoms with E-state index in [1.165, 1.54) is 109 Å². The average molecular weight is 767 g/mol. The SMILES string of the molecule is COc1ccc(-c2cc(-c3cc4ccccc4c4ccccc34)c3ccc4c(-c5ccc(OC)cc5)cc(-c5cc6ccccc6c6ccccc56)c5ccc2c3c45)cc1. The molecule has 2 nitrogen and oxygen atoms in total. The van der Waals surface area contributed by atoms with Crippen LogP contribution in [0.15, 0.2) is 194 Å². The lowest BCUT2D eigenvalue weighted by Crippen LogP contribution is -1.95. The van der Waals surface area contributed by atoms with Gasteiger partial charge in [-0.15, -0.1) is 0 Å². The fourth-order valence-electron chi connectivity index (χ4n) is 10.0. The van der Waals surface area contributed by atoms with Crippen molar-refractivity contribution in [2.24, 2.45) is 0 Å². The van der Waals surface area contributed by atoms with E-state index in [-0.39, 0.29) is 0 Å². The number of hydrogen-bond acceptors (Lipinski definition) is 2. The van der Waals surface area contributed by atoms with E-state index in [1.54, 1.807) is 14.2 Å². The second-order valence-electron chi connectivity index (χ2n) is 15.9. The van der Waals surface area contributed by atoms with Gasteiger partial charge in [-0.25, -0.2) is 0 Å². The molecule has 0 saturated carbocycles. The van der Waals surface area contributed by atoms with Gasteiger partial charge in [-0.2, -0.15) is 0 Å². The van der Waals surface area contributed by atoms with Crippen molar-refractivity contribution in [3.05, 3.63) is 194 Å². The van der Waals surface area contributed by atoms with Crippen LogP contribution in [0.4, 0.5) is 0 Å². The van der Waals surface area contributed by atoms with E-state index in [1.807, 2.05) is 0 Å². The Kier molecular flexibility index (Phi) is 7.70. The molecule has 12 rings (SSSR count). The quantitative estimate of drug-likeness (QED) is 0.157. The zero-order chi connectivity index (χ0) is 39.9. The normalized spacial score (nSPS) is 11.8. The van der Waals surface area contributed by atoms with E-state index in [2.05, 4.69) is 194 Å². The molecule has 0 atom stereocenters. The molecule has 0 radical (unpaired) electrons. The summed E-state index contributed by atoms with van der Waals surface area (Å²) in [6.45, 7) is 0. The molecule has 0 fully saturated rings. The van der Waals surface area contributed by atoms with Crippen molar-refractivity contribution in [2.45, 2.75) is 0 Å². The number of benzene rings is 12. The lowest BCUT2D eigenvalue weighted by atomic mass is 9.80. The number of methoxy groups -OCH3 is 2. The largest absolute Gasteiger partial charge is 0.497 e. The Morgan fingerprint density at radius 3 is 0.950 bits per heavy atom. The Morgan fingerprint density at radius 2 is 0.567 bits per heavy atom. The molecular weight excluding hydrogens is 729 g/mol. The monoisotopic (exact) mass is 766 g/mol. The molecule has 0 bridgehead atoms. The topological polar surface area (TPSA) is 18.5 Å². The van der Waals surface area contributed by atoms with Crippen molar-refractivity contribution in [1.29, 1.82) is 0 Å². The van der Waals surface area contributed by atoms with Crippen LogP contribution in [0.1, 0.15) is 0 Å². The van der Waals surface area contributed by atoms with Crippen molar-refractivity contribution < 1.29 is 9.47 Å². The predicted molar refractivity (Wildman–Crippen MR) is 255 cm³/mol. The molecule has 0 spiro atoms. The van der Waals surface area contributed by atoms with E-state index < -0.39 is 0 Å². The van der Waals surface area contributed by atoms with Crippen molar-refractivity contribution in [3.63, 3.8) is 0 Å². The molecule has 60 heavy (non-hydrogen) atoms. The molecule has 12 aromatic rings. The first-order valence-corrected chi connectivity index (χ1v) is 20.6. The lowest BCUT2D eigenvalue weighted by Gasteiger charge is -2.23. The second-order valence-corrected chi connectivity index (χ2v) is 15.9. The minimum absolute atomic E-state index is 0.841. The molecule has 0 amide bonds. The van der Waals surface area contributed by atoms with Gasteiger partial charge in [0.15, 0.2) is 0 Å². The van der Waals surface area contributed by atoms with E-state index in [4.69, 9.17) is 9.47 Å². The van der Waals surface area contributed by atoms with E-state index >= 15 is 0 Å². The van der Waals surface area contributed by atoms with Crippen LogP contribution >= 0.6 is 0 Å². The summed E-state index contributed by atoms with van der Waals surface area (Å²) in [4.78, 5) is 0. The summed E-state index contributed by atoms with van der Waals surface area (Å²) in [7, 11) is 3.45. The predicted octanol–water partition coefficient (Wildman–Crippen LogP) is 15.9. The van der Waals surface area contributed by atoms with Crippen LogP contribution in [0.2, 0.25) is 0 Å². The third-order valence-corrected chi connectivity index (χ3v) is 12.8. The summed E-state index contributed by atoms with van der Waals surface area (Å²) in [5, 5.41) is 17.5. The van der Waals surface area contributed by atoms with Crippen molar-refractivity contribution in [2.75, 3.05) is 14.2 Å². The Balaban J connectivity index is 1.27. The van der Waals surface area contributed by atoms with E-state index in [0.29, 0.717) is 0 Å². The number of fused-ring (bicyclic) bond motifs is 6. The molecule has 0 aliphatic carbocycles. The minimum Gasteiger partial charge on any atom is -0.497 e. The van der Waals surface area contributed by atoms with Crippen LogP contribution < -0.4 is 9.47 Å². The van der Waals surface area contributed by atoms with Crippen LogP contribution in [-0.4, -0.2) is 14.2 Å². The zero-order valence-corrected chi connectivity index (χ0v) is 33.3. The molecule has 0 heterocycles. The fourth-order valence-corrected chi connectivity index (χ4v) is 10.0. The highest BCUT2D eigenvalue weighted by atomic mass is 16.5. The van der Waals surface area contributed by atoms with Gasteiger partial charge >= 0.3 is 0 Å². The Bertz CT molecular complexity index is 3410. The first-order chi connectivity index (χ1) is 29.7. The maximum Gasteiger partial charge on any atom is 0.118 e. The average Bonchev–Trinajstić information content (AvgIpc) is 3.32. The van der Waals surface area contributed by atoms with Crippen molar-refractivity contribution in [1.82, 2.24) is 0 Å². The standard InChI is InChI=1S/C58H38O2/c1-59-39-23-19-35(20-24-39)51-33-55(53-31-37-11-3-5-13-41(37)43-15-7-9-17-45(43)53)49-30-28-48-52(36-21-25-40(60-2)26-22-36)34-56(50-29-27-47(51)57(49)58(48)50)54-32-38-12-4-6-14-42(38)44-16-8-10-18-46(44)54/h3-34H,1-2H3. The van der Waals surface area contributed by atoms with Gasteiger partial charge in [0.05, 0.1) is 14.2 Å². The molecule has 0 aromatic heterocycles. The van der Waals surface area contributed by atoms with Crippen LogP contribution in [-0.2, 0) is 0 Å². The number of rotatable bonds is 6. The minimum atomic E-state index is 0.841. The van der Waals surface area contributed by atoms with Gasteiger partial charge in [-0.05, 0) is 168 Å². The van der Waals surface area contributed by atoms with Crippen molar-refractivity contribution >= 4 is 75.4 Å². The van der Waals surface area contributed by atoms with E-state index in [9.17, 15) is 0 Å². The van der Waals surface area contributed by atoms with Gasteiger partial charge in [0.2, 0.25) is 0 Å². The molecule has 282 valence electrons. The highest BCUT2D eigenvalue weighted by Gasteiger charge is 2.23. The molecule has 12 aromatic carbocycles. The first-order valence-electron chi connectivity index (χ1n) is 20.6. The highest BCUT2D eigenvalue weighted by Crippen LogP contribution is 2.51. The highest BCUT2D eigenvalue weighted by molar-refractivity contribution is 6.33. The van der Waals surface area contributed by atoms with Gasteiger partial charge < -0.3 is 9.47 Å². The summed E-state index contributed by atoms with van der Waals surface area (Å²) in [6, 6.07) is 71.5. The summed E-state index contributed by atoms with van der Waals surface area (Å²) < 4.78 is 11.3. The third kappa shape index (κ3) is 5.14. The molecule has 0 aliphatic heterocycles. The maximum absolute atomic E-state index is 5.64. The van der Waals surface area contributed by atoms with Crippen LogP contribution in [0, 0.1) is 0 Å². The maximum atomic E-state index is 5.64. The van der Waals surface area contributed by atoms with Crippen LogP contribution in [0.3, 0.4) is 0 Å². The zero-order valence-electron chi connectivity index (χ0n) is 33.3. The third-order valence-electron chi connectivity index (χ3n) is 12.8. The smallest absolute Gasteiger partial charge is 0.118 e. The Morgan fingerprint density at radius 1 is 0.250 bits per heavy atom. The van der Waals surface area contributed by atoms with Gasteiger partial charge in [0, 0.05) is 0 Å². The molecular formula is C58H38O2. The molecule has 0 N–H and O–H groups in total. The molecule has 0 saturated heterocycles. The first kappa shape index (κ1) is 34.4. The number of ether oxygens (including phenoxy) is 2. The second kappa shape index (κ2) is 13.4. The lowest BCUT2D eigenvalue weighted by molar-refractivity contribution is 0.415. The summed E-state index contributed by atoms with van der Waals surface area (Å²) in [5.41, 5.74) is 9.58. The van der Waals surface area contributed by atoms with Gasteiger partial charge in [0.25, 0.3) is 0 Å². The summed E-state index contributed by atoms with van der Waals surface area (Å²) in [5.74, 6) is 1.68. The Hall–Kier alpha value is -7.68. The van der Waals surface area contributed by atoms with E-state index in [0.717, 1.165) is 22.6 Å². The number of hydrogen-bond donors (Lipinski definition) is 0.